The first-order valence-corrected chi connectivity index (χ1v) is 9.03. The standard InChI is InChI=1S/C22H22N2O2/c1-15-7-9-17(10-8-15)20-14-23-21(26-20)11-12-22(25)24-16(2)13-18-5-3-4-6-19(18)24/h3-10,14,16H,11-13H2,1-2H3. The van der Waals surface area contributed by atoms with Crippen LogP contribution in [0.5, 0.6) is 0 Å². The molecular formula is C22H22N2O2. The molecule has 132 valence electrons. The molecule has 0 radical (unpaired) electrons. The molecule has 3 aromatic rings. The van der Waals surface area contributed by atoms with Gasteiger partial charge in [-0.25, -0.2) is 4.98 Å². The maximum absolute atomic E-state index is 12.8. The van der Waals surface area contributed by atoms with Gasteiger partial charge < -0.3 is 9.32 Å². The summed E-state index contributed by atoms with van der Waals surface area (Å²) in [5.74, 6) is 1.47. The van der Waals surface area contributed by atoms with Crippen molar-refractivity contribution >= 4 is 11.6 Å². The number of oxazole rings is 1. The highest BCUT2D eigenvalue weighted by Crippen LogP contribution is 2.32. The second kappa shape index (κ2) is 6.79. The van der Waals surface area contributed by atoms with Crippen molar-refractivity contribution in [2.45, 2.75) is 39.2 Å². The number of carbonyl (C=O) groups is 1. The summed E-state index contributed by atoms with van der Waals surface area (Å²) in [7, 11) is 0. The van der Waals surface area contributed by atoms with Crippen molar-refractivity contribution in [3.8, 4) is 11.3 Å². The Kier molecular flexibility index (Phi) is 4.33. The van der Waals surface area contributed by atoms with E-state index in [1.807, 2.05) is 47.4 Å². The number of amides is 1. The third kappa shape index (κ3) is 3.15. The van der Waals surface area contributed by atoms with E-state index in [4.69, 9.17) is 4.42 Å². The molecule has 4 heteroatoms. The van der Waals surface area contributed by atoms with Crippen molar-refractivity contribution in [2.24, 2.45) is 0 Å². The minimum Gasteiger partial charge on any atom is -0.441 e. The zero-order valence-corrected chi connectivity index (χ0v) is 15.1. The number of anilines is 1. The Morgan fingerprint density at radius 1 is 1.19 bits per heavy atom. The Morgan fingerprint density at radius 2 is 1.96 bits per heavy atom. The van der Waals surface area contributed by atoms with E-state index in [1.54, 1.807) is 6.20 Å². The summed E-state index contributed by atoms with van der Waals surface area (Å²) in [6.07, 6.45) is 3.55. The summed E-state index contributed by atoms with van der Waals surface area (Å²) in [5, 5.41) is 0. The van der Waals surface area contributed by atoms with Gasteiger partial charge in [-0.15, -0.1) is 0 Å². The molecule has 1 amide bonds. The van der Waals surface area contributed by atoms with E-state index in [2.05, 4.69) is 24.9 Å². The van der Waals surface area contributed by atoms with Gasteiger partial charge in [-0.2, -0.15) is 0 Å². The van der Waals surface area contributed by atoms with Gasteiger partial charge in [0, 0.05) is 30.1 Å². The van der Waals surface area contributed by atoms with Crippen molar-refractivity contribution in [1.82, 2.24) is 4.98 Å². The van der Waals surface area contributed by atoms with Crippen molar-refractivity contribution < 1.29 is 9.21 Å². The smallest absolute Gasteiger partial charge is 0.227 e. The van der Waals surface area contributed by atoms with Crippen molar-refractivity contribution in [1.29, 1.82) is 0 Å². The van der Waals surface area contributed by atoms with Crippen LogP contribution in [0.25, 0.3) is 11.3 Å². The molecule has 0 spiro atoms. The maximum atomic E-state index is 12.8. The van der Waals surface area contributed by atoms with Gasteiger partial charge in [-0.3, -0.25) is 4.79 Å². The number of para-hydroxylation sites is 1. The molecule has 2 heterocycles. The van der Waals surface area contributed by atoms with E-state index in [0.717, 1.165) is 23.4 Å². The molecular weight excluding hydrogens is 324 g/mol. The van der Waals surface area contributed by atoms with Crippen molar-refractivity contribution in [2.75, 3.05) is 4.90 Å². The van der Waals surface area contributed by atoms with Crippen LogP contribution in [0.3, 0.4) is 0 Å². The highest BCUT2D eigenvalue weighted by atomic mass is 16.4. The van der Waals surface area contributed by atoms with Crippen LogP contribution in [0.1, 0.15) is 30.4 Å². The molecule has 0 bridgehead atoms. The van der Waals surface area contributed by atoms with Crippen LogP contribution in [0.4, 0.5) is 5.69 Å². The molecule has 1 atom stereocenters. The second-order valence-electron chi connectivity index (χ2n) is 6.93. The SMILES string of the molecule is Cc1ccc(-c2cnc(CCC(=O)N3c4ccccc4CC3C)o2)cc1. The predicted octanol–water partition coefficient (Wildman–Crippen LogP) is 4.56. The van der Waals surface area contributed by atoms with E-state index in [0.29, 0.717) is 18.7 Å². The van der Waals surface area contributed by atoms with E-state index in [9.17, 15) is 4.79 Å². The molecule has 1 aliphatic heterocycles. The normalized spacial score (nSPS) is 15.9. The number of nitrogens with zero attached hydrogens (tertiary/aromatic N) is 2. The van der Waals surface area contributed by atoms with Gasteiger partial charge in [0.1, 0.15) is 0 Å². The fourth-order valence-corrected chi connectivity index (χ4v) is 3.56. The number of carbonyl (C=O) groups excluding carboxylic acids is 1. The predicted molar refractivity (Wildman–Crippen MR) is 102 cm³/mol. The molecule has 0 N–H and O–H groups in total. The number of hydrogen-bond donors (Lipinski definition) is 0. The van der Waals surface area contributed by atoms with Gasteiger partial charge in [0.25, 0.3) is 0 Å². The highest BCUT2D eigenvalue weighted by molar-refractivity contribution is 5.96. The van der Waals surface area contributed by atoms with Gasteiger partial charge in [0.2, 0.25) is 5.91 Å². The summed E-state index contributed by atoms with van der Waals surface area (Å²) in [4.78, 5) is 19.0. The Morgan fingerprint density at radius 3 is 2.77 bits per heavy atom. The van der Waals surface area contributed by atoms with E-state index < -0.39 is 0 Å². The average Bonchev–Trinajstić information content (AvgIpc) is 3.24. The lowest BCUT2D eigenvalue weighted by atomic mass is 10.1. The molecule has 4 rings (SSSR count). The number of aromatic nitrogens is 1. The van der Waals surface area contributed by atoms with E-state index >= 15 is 0 Å². The topological polar surface area (TPSA) is 46.3 Å². The summed E-state index contributed by atoms with van der Waals surface area (Å²) in [6, 6.07) is 16.5. The maximum Gasteiger partial charge on any atom is 0.227 e. The van der Waals surface area contributed by atoms with Crippen LogP contribution in [-0.2, 0) is 17.6 Å². The summed E-state index contributed by atoms with van der Waals surface area (Å²) >= 11 is 0. The van der Waals surface area contributed by atoms with Crippen LogP contribution in [0, 0.1) is 6.92 Å². The number of rotatable bonds is 4. The molecule has 0 aliphatic carbocycles. The molecule has 1 aliphatic rings. The second-order valence-corrected chi connectivity index (χ2v) is 6.93. The van der Waals surface area contributed by atoms with Gasteiger partial charge in [0.05, 0.1) is 6.20 Å². The number of hydrogen-bond acceptors (Lipinski definition) is 3. The molecule has 4 nitrogen and oxygen atoms in total. The molecule has 0 saturated heterocycles. The Balaban J connectivity index is 1.43. The van der Waals surface area contributed by atoms with Crippen LogP contribution in [0.2, 0.25) is 0 Å². The van der Waals surface area contributed by atoms with E-state index in [-0.39, 0.29) is 11.9 Å². The summed E-state index contributed by atoms with van der Waals surface area (Å²) in [5.41, 5.74) is 4.49. The number of aryl methyl sites for hydroxylation is 2. The van der Waals surface area contributed by atoms with E-state index in [1.165, 1.54) is 11.1 Å². The molecule has 26 heavy (non-hydrogen) atoms. The minimum atomic E-state index is 0.123. The highest BCUT2D eigenvalue weighted by Gasteiger charge is 2.30. The van der Waals surface area contributed by atoms with Gasteiger partial charge in [-0.1, -0.05) is 48.0 Å². The molecule has 1 aromatic heterocycles. The number of benzene rings is 2. The lowest BCUT2D eigenvalue weighted by molar-refractivity contribution is -0.118. The Labute approximate surface area is 153 Å². The fourth-order valence-electron chi connectivity index (χ4n) is 3.56. The van der Waals surface area contributed by atoms with Crippen LogP contribution >= 0.6 is 0 Å². The lowest BCUT2D eigenvalue weighted by Crippen LogP contribution is -2.35. The molecule has 0 fully saturated rings. The largest absolute Gasteiger partial charge is 0.441 e. The van der Waals surface area contributed by atoms with Crippen LogP contribution < -0.4 is 4.90 Å². The zero-order chi connectivity index (χ0) is 18.1. The molecule has 0 saturated carbocycles. The van der Waals surface area contributed by atoms with Crippen LogP contribution in [0.15, 0.2) is 59.1 Å². The molecule has 1 unspecified atom stereocenters. The monoisotopic (exact) mass is 346 g/mol. The third-order valence-corrected chi connectivity index (χ3v) is 4.92. The van der Waals surface area contributed by atoms with Gasteiger partial charge in [0.15, 0.2) is 11.7 Å². The van der Waals surface area contributed by atoms with Gasteiger partial charge in [-0.05, 0) is 31.9 Å². The summed E-state index contributed by atoms with van der Waals surface area (Å²) < 4.78 is 5.84. The quantitative estimate of drug-likeness (QED) is 0.696. The Bertz CT molecular complexity index is 927. The zero-order valence-electron chi connectivity index (χ0n) is 15.1. The third-order valence-electron chi connectivity index (χ3n) is 4.92. The summed E-state index contributed by atoms with van der Waals surface area (Å²) in [6.45, 7) is 4.15. The van der Waals surface area contributed by atoms with Crippen molar-refractivity contribution in [3.05, 3.63) is 71.7 Å². The lowest BCUT2D eigenvalue weighted by Gasteiger charge is -2.22. The Hall–Kier alpha value is -2.88. The van der Waals surface area contributed by atoms with Crippen molar-refractivity contribution in [3.63, 3.8) is 0 Å². The first-order chi connectivity index (χ1) is 12.6. The minimum absolute atomic E-state index is 0.123. The number of fused-ring (bicyclic) bond motifs is 1. The molecule has 2 aromatic carbocycles. The van der Waals surface area contributed by atoms with Crippen LogP contribution in [-0.4, -0.2) is 16.9 Å². The average molecular weight is 346 g/mol. The fraction of sp³-hybridized carbons (Fsp3) is 0.273. The first-order valence-electron chi connectivity index (χ1n) is 9.03. The first kappa shape index (κ1) is 16.6. The van der Waals surface area contributed by atoms with Gasteiger partial charge >= 0.3 is 0 Å².